The van der Waals surface area contributed by atoms with Crippen molar-refractivity contribution in [2.45, 2.75) is 109 Å². The lowest BCUT2D eigenvalue weighted by atomic mass is 9.96. The van der Waals surface area contributed by atoms with Gasteiger partial charge in [-0.2, -0.15) is 0 Å². The van der Waals surface area contributed by atoms with Gasteiger partial charge in [-0.1, -0.05) is 91.0 Å². The Kier molecular flexibility index (Phi) is 14.9. The molecule has 0 bridgehead atoms. The Morgan fingerprint density at radius 2 is 1.02 bits per heavy atom. The topological polar surface area (TPSA) is 144 Å². The van der Waals surface area contributed by atoms with Crippen LogP contribution in [-0.4, -0.2) is 93.0 Å². The molecule has 0 spiro atoms. The highest BCUT2D eigenvalue weighted by molar-refractivity contribution is 5.68. The molecular formula is C40H48O13. The summed E-state index contributed by atoms with van der Waals surface area (Å²) in [4.78, 5) is 37.0. The number of rotatable bonds is 16. The van der Waals surface area contributed by atoms with Crippen LogP contribution >= 0.6 is 0 Å². The van der Waals surface area contributed by atoms with Crippen LogP contribution in [0, 0.1) is 0 Å². The fourth-order valence-corrected chi connectivity index (χ4v) is 6.37. The monoisotopic (exact) mass is 736 g/mol. The van der Waals surface area contributed by atoms with Gasteiger partial charge in [0.2, 0.25) is 0 Å². The number of ether oxygens (including phenoxy) is 10. The number of methoxy groups -OCH3 is 1. The molecule has 2 fully saturated rings. The minimum atomic E-state index is -1.36. The van der Waals surface area contributed by atoms with Crippen LogP contribution in [0.1, 0.15) is 44.4 Å². The first-order valence-electron chi connectivity index (χ1n) is 17.6. The Bertz CT molecular complexity index is 1570. The van der Waals surface area contributed by atoms with E-state index in [1.165, 1.54) is 27.9 Å². The Balaban J connectivity index is 1.52. The van der Waals surface area contributed by atoms with Gasteiger partial charge in [0.15, 0.2) is 30.9 Å². The number of hydrogen-bond donors (Lipinski definition) is 0. The molecule has 0 saturated carbocycles. The molecule has 3 aromatic carbocycles. The van der Waals surface area contributed by atoms with Gasteiger partial charge in [0.05, 0.1) is 32.5 Å². The van der Waals surface area contributed by atoms with Crippen molar-refractivity contribution in [3.8, 4) is 0 Å². The van der Waals surface area contributed by atoms with Crippen molar-refractivity contribution in [2.75, 3.05) is 13.7 Å². The lowest BCUT2D eigenvalue weighted by Crippen LogP contribution is -2.66. The fourth-order valence-electron chi connectivity index (χ4n) is 6.37. The SMILES string of the molecule is CO[C@H]1O[C@H](COCc2ccccc2)[C@@H](OCc2ccccc2)[C@H](O[C@@H]2O[C@@H](C)[C@H](OC(C)=O)[C@@H](OC(C)=O)[C@H]2OC(C)=O)[C@H]1OCc1ccccc1. The van der Waals surface area contributed by atoms with Crippen molar-refractivity contribution in [2.24, 2.45) is 0 Å². The van der Waals surface area contributed by atoms with Crippen molar-refractivity contribution in [3.63, 3.8) is 0 Å². The maximum absolute atomic E-state index is 12.5. The van der Waals surface area contributed by atoms with Crippen LogP contribution in [0.2, 0.25) is 0 Å². The van der Waals surface area contributed by atoms with Gasteiger partial charge in [-0.05, 0) is 23.6 Å². The second kappa shape index (κ2) is 19.7. The Hall–Kier alpha value is -4.21. The minimum Gasteiger partial charge on any atom is -0.456 e. The molecule has 10 atom stereocenters. The van der Waals surface area contributed by atoms with Crippen LogP contribution in [-0.2, 0) is 81.6 Å². The second-order valence-electron chi connectivity index (χ2n) is 12.8. The van der Waals surface area contributed by atoms with Crippen LogP contribution in [0.5, 0.6) is 0 Å². The second-order valence-corrected chi connectivity index (χ2v) is 12.8. The highest BCUT2D eigenvalue weighted by Gasteiger charge is 2.55. The maximum Gasteiger partial charge on any atom is 0.303 e. The van der Waals surface area contributed by atoms with Crippen molar-refractivity contribution in [1.29, 1.82) is 0 Å². The molecule has 0 N–H and O–H groups in total. The summed E-state index contributed by atoms with van der Waals surface area (Å²) in [5.74, 6) is -2.03. The van der Waals surface area contributed by atoms with Gasteiger partial charge in [0.25, 0.3) is 0 Å². The summed E-state index contributed by atoms with van der Waals surface area (Å²) in [6, 6.07) is 28.9. The van der Waals surface area contributed by atoms with E-state index in [0.29, 0.717) is 6.61 Å². The smallest absolute Gasteiger partial charge is 0.303 e. The quantitative estimate of drug-likeness (QED) is 0.149. The third-order valence-corrected chi connectivity index (χ3v) is 8.71. The summed E-state index contributed by atoms with van der Waals surface area (Å²) < 4.78 is 61.7. The number of benzene rings is 3. The maximum atomic E-state index is 12.5. The van der Waals surface area contributed by atoms with Gasteiger partial charge in [0.1, 0.15) is 24.4 Å². The van der Waals surface area contributed by atoms with E-state index < -0.39 is 79.3 Å². The molecule has 5 rings (SSSR count). The molecule has 0 amide bonds. The number of hydrogen-bond acceptors (Lipinski definition) is 13. The van der Waals surface area contributed by atoms with Gasteiger partial charge >= 0.3 is 17.9 Å². The molecule has 0 unspecified atom stereocenters. The molecule has 13 nitrogen and oxygen atoms in total. The predicted octanol–water partition coefficient (Wildman–Crippen LogP) is 4.67. The third-order valence-electron chi connectivity index (χ3n) is 8.71. The Morgan fingerprint density at radius 3 is 1.53 bits per heavy atom. The standard InChI is InChI=1S/C40H48O13/c1-25-33(49-26(2)41)35(50-27(3)42)38(51-28(4)43)40(48-25)53-36-34(46-22-30-17-11-7-12-18-30)32(24-45-21-29-15-9-6-10-16-29)52-39(44-5)37(36)47-23-31-19-13-8-14-20-31/h6-20,25,32-40H,21-24H2,1-5H3/t25-,32+,33-,34+,35+,36-,37+,38+,39-,40-/m0/s1. The van der Waals surface area contributed by atoms with E-state index in [0.717, 1.165) is 16.7 Å². The van der Waals surface area contributed by atoms with E-state index in [1.54, 1.807) is 6.92 Å². The molecule has 2 heterocycles. The predicted molar refractivity (Wildman–Crippen MR) is 188 cm³/mol. The molecule has 13 heteroatoms. The van der Waals surface area contributed by atoms with Crippen LogP contribution in [0.15, 0.2) is 91.0 Å². The normalized spacial score (nSPS) is 28.5. The van der Waals surface area contributed by atoms with Crippen molar-refractivity contribution < 1.29 is 61.8 Å². The molecule has 0 aliphatic carbocycles. The van der Waals surface area contributed by atoms with Crippen LogP contribution in [0.3, 0.4) is 0 Å². The molecule has 0 radical (unpaired) electrons. The average Bonchev–Trinajstić information content (AvgIpc) is 3.14. The first-order chi connectivity index (χ1) is 25.6. The van der Waals surface area contributed by atoms with E-state index in [2.05, 4.69) is 0 Å². The number of esters is 3. The highest BCUT2D eigenvalue weighted by Crippen LogP contribution is 2.36. The summed E-state index contributed by atoms with van der Waals surface area (Å²) in [7, 11) is 1.49. The lowest BCUT2D eigenvalue weighted by Gasteiger charge is -2.49. The zero-order chi connectivity index (χ0) is 37.7. The molecule has 286 valence electrons. The summed E-state index contributed by atoms with van der Waals surface area (Å²) in [6.07, 6.45) is -10.5. The van der Waals surface area contributed by atoms with Gasteiger partial charge in [-0.3, -0.25) is 14.4 Å². The molecule has 0 aromatic heterocycles. The van der Waals surface area contributed by atoms with Gasteiger partial charge < -0.3 is 47.4 Å². The summed E-state index contributed by atoms with van der Waals surface area (Å²) >= 11 is 0. The van der Waals surface area contributed by atoms with Crippen LogP contribution < -0.4 is 0 Å². The molecule has 53 heavy (non-hydrogen) atoms. The summed E-state index contributed by atoms with van der Waals surface area (Å²) in [5.41, 5.74) is 2.75. The molecule has 2 aliphatic heterocycles. The fraction of sp³-hybridized carbons (Fsp3) is 0.475. The first-order valence-corrected chi connectivity index (χ1v) is 17.6. The minimum absolute atomic E-state index is 0.0827. The number of carbonyl (C=O) groups excluding carboxylic acids is 3. The van der Waals surface area contributed by atoms with E-state index in [9.17, 15) is 14.4 Å². The molecule has 2 saturated heterocycles. The van der Waals surface area contributed by atoms with Crippen LogP contribution in [0.4, 0.5) is 0 Å². The third kappa shape index (κ3) is 11.4. The molecule has 2 aliphatic rings. The van der Waals surface area contributed by atoms with E-state index in [1.807, 2.05) is 91.0 Å². The van der Waals surface area contributed by atoms with E-state index >= 15 is 0 Å². The zero-order valence-electron chi connectivity index (χ0n) is 30.6. The first kappa shape index (κ1) is 40.0. The Morgan fingerprint density at radius 1 is 0.547 bits per heavy atom. The van der Waals surface area contributed by atoms with E-state index in [-0.39, 0.29) is 19.8 Å². The van der Waals surface area contributed by atoms with Crippen molar-refractivity contribution >= 4 is 17.9 Å². The Labute approximate surface area is 309 Å². The summed E-state index contributed by atoms with van der Waals surface area (Å²) in [5, 5.41) is 0. The largest absolute Gasteiger partial charge is 0.456 e. The van der Waals surface area contributed by atoms with Crippen molar-refractivity contribution in [1.82, 2.24) is 0 Å². The lowest BCUT2D eigenvalue weighted by molar-refractivity contribution is -0.366. The molecular weight excluding hydrogens is 688 g/mol. The summed E-state index contributed by atoms with van der Waals surface area (Å²) in [6.45, 7) is 5.99. The van der Waals surface area contributed by atoms with Gasteiger partial charge in [-0.25, -0.2) is 0 Å². The highest BCUT2D eigenvalue weighted by atomic mass is 16.8. The van der Waals surface area contributed by atoms with Crippen molar-refractivity contribution in [3.05, 3.63) is 108 Å². The van der Waals surface area contributed by atoms with Gasteiger partial charge in [-0.15, -0.1) is 0 Å². The zero-order valence-corrected chi connectivity index (χ0v) is 30.6. The molecule has 3 aromatic rings. The van der Waals surface area contributed by atoms with E-state index in [4.69, 9.17) is 47.4 Å². The van der Waals surface area contributed by atoms with Crippen LogP contribution in [0.25, 0.3) is 0 Å². The average molecular weight is 737 g/mol. The van der Waals surface area contributed by atoms with Gasteiger partial charge in [0, 0.05) is 27.9 Å². The number of carbonyl (C=O) groups is 3.